The fourth-order valence-electron chi connectivity index (χ4n) is 2.16. The molecule has 6 heteroatoms. The van der Waals surface area contributed by atoms with Gasteiger partial charge in [0.25, 0.3) is 0 Å². The van der Waals surface area contributed by atoms with E-state index in [1.165, 1.54) is 18.2 Å². The van der Waals surface area contributed by atoms with Gasteiger partial charge in [-0.25, -0.2) is 9.37 Å². The molecule has 0 aliphatic carbocycles. The predicted octanol–water partition coefficient (Wildman–Crippen LogP) is 3.19. The van der Waals surface area contributed by atoms with Crippen molar-refractivity contribution >= 4 is 23.3 Å². The Kier molecular flexibility index (Phi) is 6.63. The Bertz CT molecular complexity index is 712. The van der Waals surface area contributed by atoms with Crippen LogP contribution in [0.4, 0.5) is 4.39 Å². The van der Waals surface area contributed by atoms with E-state index in [-0.39, 0.29) is 11.7 Å². The molecule has 0 aliphatic heterocycles. The van der Waals surface area contributed by atoms with Crippen molar-refractivity contribution in [3.63, 3.8) is 0 Å². The zero-order chi connectivity index (χ0) is 17.5. The molecule has 2 aromatic rings. The highest BCUT2D eigenvalue weighted by Gasteiger charge is 2.12. The first-order valence-corrected chi connectivity index (χ1v) is 8.60. The summed E-state index contributed by atoms with van der Waals surface area (Å²) in [6.45, 7) is 3.62. The van der Waals surface area contributed by atoms with Crippen LogP contribution in [-0.4, -0.2) is 47.9 Å². The third-order valence-corrected chi connectivity index (χ3v) is 4.22. The molecular weight excluding hydrogens is 325 g/mol. The summed E-state index contributed by atoms with van der Waals surface area (Å²) in [5, 5.41) is 2.88. The van der Waals surface area contributed by atoms with Crippen molar-refractivity contribution in [3.05, 3.63) is 57.8 Å². The van der Waals surface area contributed by atoms with Gasteiger partial charge in [-0.2, -0.15) is 0 Å². The maximum atomic E-state index is 13.4. The molecule has 2 rings (SSSR count). The predicted molar refractivity (Wildman–Crippen MR) is 96.3 cm³/mol. The van der Waals surface area contributed by atoms with Crippen molar-refractivity contribution in [1.29, 1.82) is 0 Å². The number of halogens is 1. The van der Waals surface area contributed by atoms with Gasteiger partial charge in [0.05, 0.1) is 10.7 Å². The molecule has 0 bridgehead atoms. The molecule has 0 saturated carbocycles. The number of amides is 1. The van der Waals surface area contributed by atoms with Crippen LogP contribution >= 0.6 is 11.3 Å². The van der Waals surface area contributed by atoms with Gasteiger partial charge in [-0.05, 0) is 44.8 Å². The largest absolute Gasteiger partial charge is 0.334 e. The first-order chi connectivity index (χ1) is 11.4. The van der Waals surface area contributed by atoms with Crippen LogP contribution in [0.2, 0.25) is 0 Å². The summed E-state index contributed by atoms with van der Waals surface area (Å²) >= 11 is 1.55. The Morgan fingerprint density at radius 3 is 2.75 bits per heavy atom. The van der Waals surface area contributed by atoms with Crippen molar-refractivity contribution < 1.29 is 9.18 Å². The molecule has 1 heterocycles. The van der Waals surface area contributed by atoms with Crippen LogP contribution in [0, 0.1) is 12.7 Å². The molecule has 1 aromatic heterocycles. The van der Waals surface area contributed by atoms with Crippen molar-refractivity contribution in [1.82, 2.24) is 14.8 Å². The van der Waals surface area contributed by atoms with Crippen molar-refractivity contribution in [2.24, 2.45) is 0 Å². The van der Waals surface area contributed by atoms with E-state index < -0.39 is 0 Å². The lowest BCUT2D eigenvalue weighted by Crippen LogP contribution is -2.35. The molecule has 0 aliphatic rings. The average molecular weight is 347 g/mol. The summed E-state index contributed by atoms with van der Waals surface area (Å²) in [6.07, 6.45) is 3.25. The highest BCUT2D eigenvalue weighted by molar-refractivity contribution is 7.09. The van der Waals surface area contributed by atoms with E-state index in [1.54, 1.807) is 28.4 Å². The summed E-state index contributed by atoms with van der Waals surface area (Å²) in [6, 6.07) is 6.35. The zero-order valence-electron chi connectivity index (χ0n) is 14.2. The minimum Gasteiger partial charge on any atom is -0.334 e. The second-order valence-corrected chi connectivity index (χ2v) is 6.88. The fourth-order valence-corrected chi connectivity index (χ4v) is 2.74. The molecular formula is C18H22FN3OS. The minimum atomic E-state index is -0.291. The standard InChI is InChI=1S/C18H22FN3OS/c1-14-20-17(13-24-14)7-8-18(23)22(10-9-21(2)3)12-15-5-4-6-16(19)11-15/h4-8,11,13H,9-10,12H2,1-3H3/b8-7+. The zero-order valence-corrected chi connectivity index (χ0v) is 15.0. The van der Waals surface area contributed by atoms with E-state index >= 15 is 0 Å². The van der Waals surface area contributed by atoms with Crippen LogP contribution in [0.5, 0.6) is 0 Å². The Balaban J connectivity index is 2.08. The number of benzene rings is 1. The third-order valence-electron chi connectivity index (χ3n) is 3.42. The first kappa shape index (κ1) is 18.3. The molecule has 0 saturated heterocycles. The van der Waals surface area contributed by atoms with Crippen LogP contribution in [0.1, 0.15) is 16.3 Å². The lowest BCUT2D eigenvalue weighted by molar-refractivity contribution is -0.126. The van der Waals surface area contributed by atoms with Gasteiger partial charge in [0.2, 0.25) is 5.91 Å². The van der Waals surface area contributed by atoms with E-state index in [2.05, 4.69) is 4.98 Å². The number of carbonyl (C=O) groups excluding carboxylic acids is 1. The Morgan fingerprint density at radius 2 is 2.12 bits per heavy atom. The molecule has 0 atom stereocenters. The SMILES string of the molecule is Cc1nc(/C=C/C(=O)N(CCN(C)C)Cc2cccc(F)c2)cs1. The van der Waals surface area contributed by atoms with E-state index in [9.17, 15) is 9.18 Å². The molecule has 4 nitrogen and oxygen atoms in total. The van der Waals surface area contributed by atoms with E-state index in [0.717, 1.165) is 22.8 Å². The monoisotopic (exact) mass is 347 g/mol. The second kappa shape index (κ2) is 8.70. The normalized spacial score (nSPS) is 11.4. The van der Waals surface area contributed by atoms with Gasteiger partial charge in [0, 0.05) is 31.1 Å². The molecule has 1 amide bonds. The van der Waals surface area contributed by atoms with E-state index in [4.69, 9.17) is 0 Å². The van der Waals surface area contributed by atoms with Gasteiger partial charge < -0.3 is 9.80 Å². The number of hydrogen-bond donors (Lipinski definition) is 0. The molecule has 0 fully saturated rings. The smallest absolute Gasteiger partial charge is 0.246 e. The summed E-state index contributed by atoms with van der Waals surface area (Å²) < 4.78 is 13.4. The van der Waals surface area contributed by atoms with Gasteiger partial charge >= 0.3 is 0 Å². The van der Waals surface area contributed by atoms with E-state index in [0.29, 0.717) is 13.1 Å². The number of thiazole rings is 1. The van der Waals surface area contributed by atoms with Gasteiger partial charge in [0.1, 0.15) is 5.82 Å². The lowest BCUT2D eigenvalue weighted by atomic mass is 10.2. The number of hydrogen-bond acceptors (Lipinski definition) is 4. The highest BCUT2D eigenvalue weighted by Crippen LogP contribution is 2.11. The fraction of sp³-hybridized carbons (Fsp3) is 0.333. The Labute approximate surface area is 146 Å². The maximum Gasteiger partial charge on any atom is 0.246 e. The van der Waals surface area contributed by atoms with Crippen molar-refractivity contribution in [2.45, 2.75) is 13.5 Å². The van der Waals surface area contributed by atoms with Crippen molar-refractivity contribution in [3.8, 4) is 0 Å². The summed E-state index contributed by atoms with van der Waals surface area (Å²) in [7, 11) is 3.91. The summed E-state index contributed by atoms with van der Waals surface area (Å²) in [5.41, 5.74) is 1.56. The molecule has 0 spiro atoms. The maximum absolute atomic E-state index is 13.4. The average Bonchev–Trinajstić information content (AvgIpc) is 2.94. The molecule has 1 aromatic carbocycles. The number of aromatic nitrogens is 1. The topological polar surface area (TPSA) is 36.4 Å². The second-order valence-electron chi connectivity index (χ2n) is 5.82. The van der Waals surface area contributed by atoms with Crippen LogP contribution in [0.3, 0.4) is 0 Å². The molecule has 0 radical (unpaired) electrons. The minimum absolute atomic E-state index is 0.105. The number of nitrogens with zero attached hydrogens (tertiary/aromatic N) is 3. The lowest BCUT2D eigenvalue weighted by Gasteiger charge is -2.23. The van der Waals surface area contributed by atoms with Gasteiger partial charge in [-0.15, -0.1) is 11.3 Å². The van der Waals surface area contributed by atoms with Crippen LogP contribution in [-0.2, 0) is 11.3 Å². The van der Waals surface area contributed by atoms with Crippen LogP contribution < -0.4 is 0 Å². The Hall–Kier alpha value is -2.05. The highest BCUT2D eigenvalue weighted by atomic mass is 32.1. The van der Waals surface area contributed by atoms with Gasteiger partial charge in [-0.3, -0.25) is 4.79 Å². The van der Waals surface area contributed by atoms with E-state index in [1.807, 2.05) is 37.4 Å². The molecule has 128 valence electrons. The van der Waals surface area contributed by atoms with Gasteiger partial charge in [0.15, 0.2) is 0 Å². The van der Waals surface area contributed by atoms with Crippen LogP contribution in [0.15, 0.2) is 35.7 Å². The molecule has 24 heavy (non-hydrogen) atoms. The molecule has 0 N–H and O–H groups in total. The Morgan fingerprint density at radius 1 is 1.33 bits per heavy atom. The summed E-state index contributed by atoms with van der Waals surface area (Å²) in [5.74, 6) is -0.396. The van der Waals surface area contributed by atoms with Crippen LogP contribution in [0.25, 0.3) is 6.08 Å². The summed E-state index contributed by atoms with van der Waals surface area (Å²) in [4.78, 5) is 20.6. The number of carbonyl (C=O) groups is 1. The number of rotatable bonds is 7. The number of likely N-dealkylation sites (N-methyl/N-ethyl adjacent to an activating group) is 1. The number of aryl methyl sites for hydroxylation is 1. The first-order valence-electron chi connectivity index (χ1n) is 7.72. The van der Waals surface area contributed by atoms with Crippen molar-refractivity contribution in [2.75, 3.05) is 27.2 Å². The third kappa shape index (κ3) is 5.86. The quantitative estimate of drug-likeness (QED) is 0.722. The molecule has 0 unspecified atom stereocenters. The van der Waals surface area contributed by atoms with Gasteiger partial charge in [-0.1, -0.05) is 12.1 Å².